The number of carbonyl (C=O) groups is 2. The molecule has 2 aromatic rings. The van der Waals surface area contributed by atoms with E-state index < -0.39 is 17.4 Å². The molecule has 2 amide bonds. The molecule has 3 N–H and O–H groups in total. The zero-order chi connectivity index (χ0) is 22.8. The molecule has 1 saturated heterocycles. The molecule has 2 aliphatic rings. The Balaban J connectivity index is 1.67. The lowest BCUT2D eigenvalue weighted by molar-refractivity contribution is -0.123. The lowest BCUT2D eigenvalue weighted by Gasteiger charge is -2.34. The van der Waals surface area contributed by atoms with E-state index in [1.54, 1.807) is 18.2 Å². The molecule has 2 aliphatic heterocycles. The first-order chi connectivity index (χ1) is 15.4. The number of H-pyrrole nitrogens is 1. The smallest absolute Gasteiger partial charge is 0.258 e. The first-order valence-corrected chi connectivity index (χ1v) is 10.6. The molecule has 4 rings (SSSR count). The average Bonchev–Trinajstić information content (AvgIpc) is 2.78. The fraction of sp³-hybridized carbons (Fsp3) is 0.455. The summed E-state index contributed by atoms with van der Waals surface area (Å²) in [5.74, 6) is -0.347. The second-order valence-corrected chi connectivity index (χ2v) is 8.05. The molecule has 170 valence electrons. The zero-order valence-corrected chi connectivity index (χ0v) is 18.4. The van der Waals surface area contributed by atoms with Crippen molar-refractivity contribution >= 4 is 29.3 Å². The Morgan fingerprint density at radius 2 is 2.03 bits per heavy atom. The Kier molecular flexibility index (Phi) is 6.02. The number of hydrogen-bond acceptors (Lipinski definition) is 7. The van der Waals surface area contributed by atoms with E-state index in [0.29, 0.717) is 23.1 Å². The predicted molar refractivity (Wildman–Crippen MR) is 120 cm³/mol. The van der Waals surface area contributed by atoms with Crippen LogP contribution in [0.3, 0.4) is 0 Å². The van der Waals surface area contributed by atoms with Crippen LogP contribution in [0, 0.1) is 0 Å². The van der Waals surface area contributed by atoms with E-state index in [0.717, 1.165) is 25.8 Å². The van der Waals surface area contributed by atoms with Gasteiger partial charge < -0.3 is 25.0 Å². The molecular weight excluding hydrogens is 414 g/mol. The molecule has 0 unspecified atom stereocenters. The molecule has 0 spiro atoms. The van der Waals surface area contributed by atoms with Crippen LogP contribution in [0.2, 0.25) is 0 Å². The molecule has 10 heteroatoms. The first-order valence-electron chi connectivity index (χ1n) is 10.6. The maximum Gasteiger partial charge on any atom is 0.258 e. The van der Waals surface area contributed by atoms with Gasteiger partial charge in [0.05, 0.1) is 31.4 Å². The molecule has 0 aliphatic carbocycles. The topological polar surface area (TPSA) is 126 Å². The Bertz CT molecular complexity index is 1100. The number of piperidine rings is 1. The van der Waals surface area contributed by atoms with Crippen molar-refractivity contribution in [2.24, 2.45) is 0 Å². The predicted octanol–water partition coefficient (Wildman–Crippen LogP) is 2.23. The standard InChI is InChI=1S/C22H27N5O5/c1-12-6-4-5-9-27(12)22-25-19-18(21(30)26-22)14(11-17(28)24-19)20(29)23-15-10-13(31-2)7-8-16(15)32-3/h7-8,10,12,14H,4-6,9,11H2,1-3H3,(H,23,29)(H2,24,25,26,28,30)/t12-,14-/m0/s1. The number of rotatable bonds is 5. The van der Waals surface area contributed by atoms with Crippen molar-refractivity contribution in [2.45, 2.75) is 44.6 Å². The third-order valence-electron chi connectivity index (χ3n) is 5.99. The summed E-state index contributed by atoms with van der Waals surface area (Å²) < 4.78 is 10.5. The monoisotopic (exact) mass is 441 g/mol. The SMILES string of the molecule is COc1ccc(OC)c(NC(=O)[C@H]2CC(=O)Nc3nc(N4CCCC[C@@H]4C)[nH]c(=O)c32)c1. The molecule has 32 heavy (non-hydrogen) atoms. The minimum Gasteiger partial charge on any atom is -0.497 e. The van der Waals surface area contributed by atoms with Crippen LogP contribution < -0.4 is 30.6 Å². The van der Waals surface area contributed by atoms with Crippen LogP contribution in [0.5, 0.6) is 11.5 Å². The van der Waals surface area contributed by atoms with Crippen LogP contribution in [0.1, 0.15) is 44.1 Å². The molecule has 0 saturated carbocycles. The number of benzene rings is 1. The molecular formula is C22H27N5O5. The third-order valence-corrected chi connectivity index (χ3v) is 5.99. The lowest BCUT2D eigenvalue weighted by Crippen LogP contribution is -2.42. The highest BCUT2D eigenvalue weighted by molar-refractivity contribution is 6.05. The second kappa shape index (κ2) is 8.89. The van der Waals surface area contributed by atoms with E-state index in [2.05, 4.69) is 27.5 Å². The molecule has 0 radical (unpaired) electrons. The number of aromatic nitrogens is 2. The quantitative estimate of drug-likeness (QED) is 0.650. The summed E-state index contributed by atoms with van der Waals surface area (Å²) in [5, 5.41) is 5.43. The van der Waals surface area contributed by atoms with Crippen molar-refractivity contribution in [3.8, 4) is 11.5 Å². The van der Waals surface area contributed by atoms with E-state index in [4.69, 9.17) is 9.47 Å². The number of anilines is 3. The van der Waals surface area contributed by atoms with E-state index >= 15 is 0 Å². The summed E-state index contributed by atoms with van der Waals surface area (Å²) in [6.45, 7) is 2.85. The van der Waals surface area contributed by atoms with Crippen LogP contribution in [0.4, 0.5) is 17.5 Å². The van der Waals surface area contributed by atoms with Crippen LogP contribution in [0.25, 0.3) is 0 Å². The maximum absolute atomic E-state index is 13.2. The van der Waals surface area contributed by atoms with Crippen molar-refractivity contribution in [1.82, 2.24) is 9.97 Å². The van der Waals surface area contributed by atoms with Gasteiger partial charge in [-0.25, -0.2) is 0 Å². The van der Waals surface area contributed by atoms with Gasteiger partial charge in [0.15, 0.2) is 0 Å². The van der Waals surface area contributed by atoms with Crippen LogP contribution >= 0.6 is 0 Å². The summed E-state index contributed by atoms with van der Waals surface area (Å²) in [6.07, 6.45) is 2.97. The molecule has 0 bridgehead atoms. The van der Waals surface area contributed by atoms with E-state index in [1.807, 2.05) is 4.90 Å². The van der Waals surface area contributed by atoms with Gasteiger partial charge in [0.25, 0.3) is 5.56 Å². The summed E-state index contributed by atoms with van der Waals surface area (Å²) >= 11 is 0. The van der Waals surface area contributed by atoms with Gasteiger partial charge in [0.2, 0.25) is 17.8 Å². The number of carbonyl (C=O) groups excluding carboxylic acids is 2. The van der Waals surface area contributed by atoms with Gasteiger partial charge in [-0.15, -0.1) is 0 Å². The molecule has 10 nitrogen and oxygen atoms in total. The van der Waals surface area contributed by atoms with E-state index in [9.17, 15) is 14.4 Å². The van der Waals surface area contributed by atoms with Crippen molar-refractivity contribution in [3.05, 3.63) is 34.1 Å². The van der Waals surface area contributed by atoms with Gasteiger partial charge in [-0.05, 0) is 38.3 Å². The number of ether oxygens (including phenoxy) is 2. The van der Waals surface area contributed by atoms with Crippen molar-refractivity contribution < 1.29 is 19.1 Å². The van der Waals surface area contributed by atoms with Gasteiger partial charge >= 0.3 is 0 Å². The highest BCUT2D eigenvalue weighted by Crippen LogP contribution is 2.34. The van der Waals surface area contributed by atoms with Crippen LogP contribution in [0.15, 0.2) is 23.0 Å². The van der Waals surface area contributed by atoms with E-state index in [-0.39, 0.29) is 29.8 Å². The van der Waals surface area contributed by atoms with Crippen molar-refractivity contribution in [1.29, 1.82) is 0 Å². The van der Waals surface area contributed by atoms with Crippen LogP contribution in [-0.4, -0.2) is 48.6 Å². The number of methoxy groups -OCH3 is 2. The summed E-state index contributed by atoms with van der Waals surface area (Å²) in [7, 11) is 3.00. The third kappa shape index (κ3) is 4.12. The van der Waals surface area contributed by atoms with Gasteiger partial charge in [-0.1, -0.05) is 0 Å². The minimum absolute atomic E-state index is 0.135. The fourth-order valence-electron chi connectivity index (χ4n) is 4.26. The molecule has 1 aromatic heterocycles. The minimum atomic E-state index is -0.987. The van der Waals surface area contributed by atoms with Gasteiger partial charge in [-0.2, -0.15) is 4.98 Å². The number of amides is 2. The van der Waals surface area contributed by atoms with Gasteiger partial charge in [-0.3, -0.25) is 19.4 Å². The van der Waals surface area contributed by atoms with E-state index in [1.165, 1.54) is 14.2 Å². The highest BCUT2D eigenvalue weighted by atomic mass is 16.5. The normalized spacial score (nSPS) is 20.2. The zero-order valence-electron chi connectivity index (χ0n) is 18.4. The number of nitrogens with zero attached hydrogens (tertiary/aromatic N) is 2. The second-order valence-electron chi connectivity index (χ2n) is 8.05. The van der Waals surface area contributed by atoms with Gasteiger partial charge in [0, 0.05) is 25.1 Å². The number of hydrogen-bond donors (Lipinski definition) is 3. The van der Waals surface area contributed by atoms with Crippen molar-refractivity contribution in [3.63, 3.8) is 0 Å². The molecule has 2 atom stereocenters. The Hall–Kier alpha value is -3.56. The largest absolute Gasteiger partial charge is 0.497 e. The summed E-state index contributed by atoms with van der Waals surface area (Å²) in [4.78, 5) is 47.9. The van der Waals surface area contributed by atoms with Crippen LogP contribution in [-0.2, 0) is 9.59 Å². The Morgan fingerprint density at radius 1 is 1.22 bits per heavy atom. The molecule has 1 aromatic carbocycles. The Morgan fingerprint density at radius 3 is 2.75 bits per heavy atom. The maximum atomic E-state index is 13.2. The molecule has 3 heterocycles. The fourth-order valence-corrected chi connectivity index (χ4v) is 4.26. The lowest BCUT2D eigenvalue weighted by atomic mass is 9.92. The summed E-state index contributed by atoms with van der Waals surface area (Å²) in [6, 6.07) is 5.21. The number of nitrogens with one attached hydrogen (secondary N) is 3. The van der Waals surface area contributed by atoms with Gasteiger partial charge in [0.1, 0.15) is 17.3 Å². The molecule has 1 fully saturated rings. The van der Waals surface area contributed by atoms with Crippen molar-refractivity contribution in [2.75, 3.05) is 36.3 Å². The average molecular weight is 441 g/mol. The number of aromatic amines is 1. The first kappa shape index (κ1) is 21.7. The Labute approximate surface area is 185 Å². The number of fused-ring (bicyclic) bond motifs is 1. The highest BCUT2D eigenvalue weighted by Gasteiger charge is 2.36. The summed E-state index contributed by atoms with van der Waals surface area (Å²) in [5.41, 5.74) is 0.102.